The lowest BCUT2D eigenvalue weighted by Gasteiger charge is -2.62. The Bertz CT molecular complexity index is 1510. The van der Waals surface area contributed by atoms with E-state index in [1.807, 2.05) is 0 Å². The molecule has 0 amide bonds. The Morgan fingerprint density at radius 2 is 0.517 bits per heavy atom. The molecule has 0 aromatic heterocycles. The fraction of sp³-hybridized carbons (Fsp3) is 1.00. The predicted octanol–water partition coefficient (Wildman–Crippen LogP) is 20.4. The molecule has 0 aliphatic carbocycles. The summed E-state index contributed by atoms with van der Waals surface area (Å²) in [5.41, 5.74) is -4.52. The van der Waals surface area contributed by atoms with Crippen molar-refractivity contribution >= 4 is 0 Å². The third-order valence-corrected chi connectivity index (χ3v) is 21.1. The van der Waals surface area contributed by atoms with E-state index in [9.17, 15) is 40.9 Å². The van der Waals surface area contributed by atoms with Crippen LogP contribution in [0.5, 0.6) is 0 Å². The summed E-state index contributed by atoms with van der Waals surface area (Å²) in [6.07, 6.45) is 65.9. The van der Waals surface area contributed by atoms with E-state index in [4.69, 9.17) is 14.2 Å². The van der Waals surface area contributed by atoms with Gasteiger partial charge in [-0.25, -0.2) is 0 Å². The van der Waals surface area contributed by atoms with Gasteiger partial charge < -0.3 is 55.1 Å². The quantitative estimate of drug-likeness (QED) is 0.0271. The lowest BCUT2D eigenvalue weighted by Crippen LogP contribution is -2.81. The standard InChI is InChI=1S/C78H154O11/c1-4-7-10-13-16-19-22-25-28-31-34-37-40-43-46-49-52-55-58-61-64-75(85)73(83)71(68-80)88-78(89-76(69-81)74(84)72(82)70(67-79)87-76,66-63-60-57-54-51-48-45-42-39-36-33-30-27-24-21-18-15-12-9-6-3)77(75,86)65-62-59-56-53-50-47-44-41-38-35-32-29-26-23-20-17-14-11-8-5-2/h70-74,79-86H,4-69H2,1-3H3/t70-,71-,72-,73-,74+,75+,76?,77-,78+/m1/s1. The molecule has 2 aliphatic rings. The van der Waals surface area contributed by atoms with Crippen molar-refractivity contribution in [3.8, 4) is 0 Å². The summed E-state index contributed by atoms with van der Waals surface area (Å²) in [6.45, 7) is 4.54. The van der Waals surface area contributed by atoms with Crippen LogP contribution in [0, 0.1) is 0 Å². The molecule has 2 aliphatic heterocycles. The molecular formula is C78H154O11. The van der Waals surface area contributed by atoms with Gasteiger partial charge in [-0.15, -0.1) is 0 Å². The van der Waals surface area contributed by atoms with Crippen LogP contribution in [0.1, 0.15) is 425 Å². The van der Waals surface area contributed by atoms with E-state index < -0.39 is 73.1 Å². The Labute approximate surface area is 551 Å². The number of rotatable bonds is 68. The topological polar surface area (TPSA) is 190 Å². The number of unbranched alkanes of at least 4 members (excludes halogenated alkanes) is 57. The van der Waals surface area contributed by atoms with Gasteiger partial charge in [-0.3, -0.25) is 0 Å². The molecule has 11 nitrogen and oxygen atoms in total. The molecular weight excluding hydrogens is 1110 g/mol. The lowest BCUT2D eigenvalue weighted by atomic mass is 9.63. The van der Waals surface area contributed by atoms with Gasteiger partial charge in [-0.1, -0.05) is 400 Å². The van der Waals surface area contributed by atoms with Gasteiger partial charge in [-0.2, -0.15) is 0 Å². The summed E-state index contributed by atoms with van der Waals surface area (Å²) in [7, 11) is 0. The van der Waals surface area contributed by atoms with E-state index in [-0.39, 0.29) is 19.3 Å². The van der Waals surface area contributed by atoms with Crippen molar-refractivity contribution in [1.29, 1.82) is 0 Å². The molecule has 1 unspecified atom stereocenters. The Kier molecular flexibility index (Phi) is 53.9. The van der Waals surface area contributed by atoms with Crippen molar-refractivity contribution in [1.82, 2.24) is 0 Å². The Morgan fingerprint density at radius 3 is 0.753 bits per heavy atom. The molecule has 0 saturated carbocycles. The van der Waals surface area contributed by atoms with Crippen molar-refractivity contribution in [2.75, 3.05) is 19.8 Å². The summed E-state index contributed by atoms with van der Waals surface area (Å²) >= 11 is 0. The highest BCUT2D eigenvalue weighted by Crippen LogP contribution is 2.55. The second kappa shape index (κ2) is 56.7. The summed E-state index contributed by atoms with van der Waals surface area (Å²) in [4.78, 5) is 0. The first-order chi connectivity index (χ1) is 43.5. The Balaban J connectivity index is 2.08. The smallest absolute Gasteiger partial charge is 0.224 e. The number of ether oxygens (including phenoxy) is 3. The zero-order chi connectivity index (χ0) is 64.7. The SMILES string of the molecule is CCCCCCCCCCCCCCCCCCCCCC[C@@]1(OC2(CO)O[C@H](CO)[C@@H](O)[C@@H]2O)O[C@H](CO)[C@@H](O)[C@@](O)(CCCCCCCCCCCCCCCCCCCCCC)[C@]1(O)CCCCCCCCCCCCCCCCCCCCCC. The maximum absolute atomic E-state index is 13.7. The van der Waals surface area contributed by atoms with E-state index in [2.05, 4.69) is 20.8 Å². The highest BCUT2D eigenvalue weighted by molar-refractivity contribution is 5.18. The predicted molar refractivity (Wildman–Crippen MR) is 373 cm³/mol. The van der Waals surface area contributed by atoms with E-state index in [1.165, 1.54) is 289 Å². The Morgan fingerprint density at radius 1 is 0.281 bits per heavy atom. The Hall–Kier alpha value is -0.440. The van der Waals surface area contributed by atoms with Crippen LogP contribution in [-0.4, -0.2) is 114 Å². The maximum atomic E-state index is 13.7. The second-order valence-corrected chi connectivity index (χ2v) is 29.1. The van der Waals surface area contributed by atoms with Gasteiger partial charge in [0.15, 0.2) is 0 Å². The summed E-state index contributed by atoms with van der Waals surface area (Å²) in [6, 6.07) is 0. The molecule has 8 N–H and O–H groups in total. The zero-order valence-corrected chi connectivity index (χ0v) is 59.4. The fourth-order valence-corrected chi connectivity index (χ4v) is 15.0. The van der Waals surface area contributed by atoms with E-state index in [0.717, 1.165) is 77.0 Å². The normalized spacial score (nSPS) is 24.6. The van der Waals surface area contributed by atoms with Gasteiger partial charge in [-0.05, 0) is 19.3 Å². The van der Waals surface area contributed by atoms with Gasteiger partial charge in [0.05, 0.1) is 13.2 Å². The molecule has 2 fully saturated rings. The molecule has 0 spiro atoms. The highest BCUT2D eigenvalue weighted by atomic mass is 16.8. The molecule has 2 heterocycles. The average Bonchev–Trinajstić information content (AvgIpc) is 1.43. The van der Waals surface area contributed by atoms with Gasteiger partial charge in [0.1, 0.15) is 48.3 Å². The van der Waals surface area contributed by atoms with E-state index in [1.54, 1.807) is 0 Å². The molecule has 0 aromatic rings. The van der Waals surface area contributed by atoms with Gasteiger partial charge in [0.2, 0.25) is 11.6 Å². The minimum absolute atomic E-state index is 0.00412. The zero-order valence-electron chi connectivity index (χ0n) is 59.4. The van der Waals surface area contributed by atoms with Crippen molar-refractivity contribution in [2.45, 2.75) is 479 Å². The maximum Gasteiger partial charge on any atom is 0.224 e. The molecule has 0 aromatic carbocycles. The van der Waals surface area contributed by atoms with Crippen LogP contribution >= 0.6 is 0 Å². The lowest BCUT2D eigenvalue weighted by molar-refractivity contribution is -0.477. The van der Waals surface area contributed by atoms with E-state index in [0.29, 0.717) is 19.3 Å². The van der Waals surface area contributed by atoms with Crippen molar-refractivity contribution < 1.29 is 55.1 Å². The van der Waals surface area contributed by atoms with Gasteiger partial charge in [0.25, 0.3) is 0 Å². The average molecular weight is 1270 g/mol. The number of aliphatic hydroxyl groups is 8. The first-order valence-electron chi connectivity index (χ1n) is 39.9. The van der Waals surface area contributed by atoms with Crippen molar-refractivity contribution in [3.05, 3.63) is 0 Å². The molecule has 2 rings (SSSR count). The van der Waals surface area contributed by atoms with Crippen LogP contribution in [0.25, 0.3) is 0 Å². The number of aliphatic hydroxyl groups excluding tert-OH is 6. The minimum atomic E-state index is -2.35. The molecule has 532 valence electrons. The summed E-state index contributed by atoms with van der Waals surface area (Å²) in [5.74, 6) is -4.55. The van der Waals surface area contributed by atoms with Crippen LogP contribution in [-0.2, 0) is 14.2 Å². The summed E-state index contributed by atoms with van der Waals surface area (Å²) < 4.78 is 19.5. The van der Waals surface area contributed by atoms with Crippen LogP contribution in [0.15, 0.2) is 0 Å². The van der Waals surface area contributed by atoms with Crippen LogP contribution < -0.4 is 0 Å². The third-order valence-electron chi connectivity index (χ3n) is 21.1. The number of hydrogen-bond donors (Lipinski definition) is 8. The molecule has 0 bridgehead atoms. The fourth-order valence-electron chi connectivity index (χ4n) is 15.0. The van der Waals surface area contributed by atoms with Crippen LogP contribution in [0.4, 0.5) is 0 Å². The third kappa shape index (κ3) is 35.9. The van der Waals surface area contributed by atoms with Crippen LogP contribution in [0.3, 0.4) is 0 Å². The minimum Gasteiger partial charge on any atom is -0.394 e. The first-order valence-corrected chi connectivity index (χ1v) is 39.9. The molecule has 9 atom stereocenters. The molecule has 0 radical (unpaired) electrons. The number of hydrogen-bond acceptors (Lipinski definition) is 11. The van der Waals surface area contributed by atoms with E-state index >= 15 is 0 Å². The van der Waals surface area contributed by atoms with Gasteiger partial charge >= 0.3 is 0 Å². The highest BCUT2D eigenvalue weighted by Gasteiger charge is 2.73. The molecule has 89 heavy (non-hydrogen) atoms. The van der Waals surface area contributed by atoms with Crippen molar-refractivity contribution in [2.24, 2.45) is 0 Å². The van der Waals surface area contributed by atoms with Gasteiger partial charge in [0, 0.05) is 6.42 Å². The summed E-state index contributed by atoms with van der Waals surface area (Å²) in [5, 5.41) is 94.3. The van der Waals surface area contributed by atoms with Crippen molar-refractivity contribution in [3.63, 3.8) is 0 Å². The molecule has 11 heteroatoms. The monoisotopic (exact) mass is 1270 g/mol. The first kappa shape index (κ1) is 84.6. The van der Waals surface area contributed by atoms with Crippen LogP contribution in [0.2, 0.25) is 0 Å². The largest absolute Gasteiger partial charge is 0.394 e. The second-order valence-electron chi connectivity index (χ2n) is 29.1. The molecule has 2 saturated heterocycles.